The largest absolute Gasteiger partial charge is 0.352 e. The van der Waals surface area contributed by atoms with Crippen molar-refractivity contribution in [1.82, 2.24) is 10.2 Å². The minimum atomic E-state index is -4.05. The van der Waals surface area contributed by atoms with E-state index in [0.29, 0.717) is 27.4 Å². The Morgan fingerprint density at radius 2 is 1.66 bits per heavy atom. The first-order chi connectivity index (χ1) is 16.4. The highest BCUT2D eigenvalue weighted by molar-refractivity contribution is 7.92. The van der Waals surface area contributed by atoms with Crippen LogP contribution in [-0.2, 0) is 26.2 Å². The number of rotatable bonds is 11. The maximum absolute atomic E-state index is 13.8. The highest BCUT2D eigenvalue weighted by Gasteiger charge is 2.32. The molecule has 0 fully saturated rings. The molecule has 0 saturated carbocycles. The lowest BCUT2D eigenvalue weighted by atomic mass is 10.1. The van der Waals surface area contributed by atoms with Crippen LogP contribution in [0.3, 0.4) is 0 Å². The van der Waals surface area contributed by atoms with E-state index in [-0.39, 0.29) is 30.6 Å². The number of benzene rings is 2. The summed E-state index contributed by atoms with van der Waals surface area (Å²) in [6, 6.07) is 8.23. The molecule has 1 N–H and O–H groups in total. The lowest BCUT2D eigenvalue weighted by Crippen LogP contribution is -2.53. The number of sulfonamides is 1. The van der Waals surface area contributed by atoms with Crippen molar-refractivity contribution in [3.63, 3.8) is 0 Å². The Morgan fingerprint density at radius 3 is 2.17 bits per heavy atom. The molecule has 0 bridgehead atoms. The highest BCUT2D eigenvalue weighted by Crippen LogP contribution is 2.22. The highest BCUT2D eigenvalue weighted by atomic mass is 35.5. The summed E-state index contributed by atoms with van der Waals surface area (Å²) in [5, 5.41) is 3.36. The van der Waals surface area contributed by atoms with Gasteiger partial charge in [-0.25, -0.2) is 17.2 Å². The van der Waals surface area contributed by atoms with Gasteiger partial charge in [0.2, 0.25) is 21.8 Å². The first-order valence-corrected chi connectivity index (χ1v) is 13.4. The third-order valence-electron chi connectivity index (χ3n) is 5.52. The second kappa shape index (κ2) is 12.3. The Labute approximate surface area is 210 Å². The van der Waals surface area contributed by atoms with E-state index in [1.807, 2.05) is 13.8 Å². The molecular weight excluding hydrogens is 500 g/mol. The van der Waals surface area contributed by atoms with Gasteiger partial charge in [0.25, 0.3) is 0 Å². The summed E-state index contributed by atoms with van der Waals surface area (Å²) < 4.78 is 52.9. The fourth-order valence-electron chi connectivity index (χ4n) is 3.40. The standard InChI is InChI=1S/C24H30ClF2N3O4S/c1-5-16(3)28-24(32)22(6-2)29(14-17-7-9-18(25)10-8-17)23(31)15-30(35(4,33)34)19-11-12-20(26)21(27)13-19/h7-13,16,22H,5-6,14-15H2,1-4H3,(H,28,32)/t16-,22+/m1/s1. The summed E-state index contributed by atoms with van der Waals surface area (Å²) in [6.45, 7) is 4.80. The third kappa shape index (κ3) is 7.90. The average molecular weight is 530 g/mol. The Hall–Kier alpha value is -2.72. The molecule has 2 aromatic carbocycles. The molecule has 35 heavy (non-hydrogen) atoms. The second-order valence-electron chi connectivity index (χ2n) is 8.26. The molecule has 0 heterocycles. The van der Waals surface area contributed by atoms with Gasteiger partial charge < -0.3 is 10.2 Å². The second-order valence-corrected chi connectivity index (χ2v) is 10.6. The molecule has 0 saturated heterocycles. The summed E-state index contributed by atoms with van der Waals surface area (Å²) in [6.07, 6.45) is 1.81. The van der Waals surface area contributed by atoms with Gasteiger partial charge in [-0.1, -0.05) is 37.6 Å². The van der Waals surface area contributed by atoms with Gasteiger partial charge in [0.05, 0.1) is 11.9 Å². The number of carbonyl (C=O) groups excluding carboxylic acids is 2. The molecule has 2 aromatic rings. The first-order valence-electron chi connectivity index (χ1n) is 11.1. The molecule has 192 valence electrons. The number of anilines is 1. The number of carbonyl (C=O) groups is 2. The summed E-state index contributed by atoms with van der Waals surface area (Å²) in [5.41, 5.74) is 0.472. The molecule has 11 heteroatoms. The van der Waals surface area contributed by atoms with Crippen LogP contribution >= 0.6 is 11.6 Å². The van der Waals surface area contributed by atoms with Crippen LogP contribution in [0.15, 0.2) is 42.5 Å². The minimum absolute atomic E-state index is 0.0117. The van der Waals surface area contributed by atoms with Crippen molar-refractivity contribution in [2.75, 3.05) is 17.1 Å². The third-order valence-corrected chi connectivity index (χ3v) is 6.92. The average Bonchev–Trinajstić information content (AvgIpc) is 2.79. The van der Waals surface area contributed by atoms with Gasteiger partial charge in [-0.15, -0.1) is 0 Å². The Balaban J connectivity index is 2.45. The fraction of sp³-hybridized carbons (Fsp3) is 0.417. The van der Waals surface area contributed by atoms with Crippen molar-refractivity contribution in [3.05, 3.63) is 64.7 Å². The van der Waals surface area contributed by atoms with E-state index >= 15 is 0 Å². The van der Waals surface area contributed by atoms with Crippen molar-refractivity contribution >= 4 is 39.1 Å². The van der Waals surface area contributed by atoms with Crippen molar-refractivity contribution in [3.8, 4) is 0 Å². The molecule has 0 aliphatic rings. The number of halogens is 3. The van der Waals surface area contributed by atoms with Crippen LogP contribution in [0.4, 0.5) is 14.5 Å². The van der Waals surface area contributed by atoms with Crippen LogP contribution in [0.25, 0.3) is 0 Å². The zero-order valence-electron chi connectivity index (χ0n) is 20.1. The molecular formula is C24H30ClF2N3O4S. The first kappa shape index (κ1) is 28.5. The maximum atomic E-state index is 13.8. The molecule has 0 aliphatic heterocycles. The van der Waals surface area contributed by atoms with Crippen molar-refractivity contribution < 1.29 is 26.8 Å². The monoisotopic (exact) mass is 529 g/mol. The summed E-state index contributed by atoms with van der Waals surface area (Å²) >= 11 is 5.96. The molecule has 2 rings (SSSR count). The summed E-state index contributed by atoms with van der Waals surface area (Å²) in [7, 11) is -4.05. The summed E-state index contributed by atoms with van der Waals surface area (Å²) in [4.78, 5) is 27.8. The van der Waals surface area contributed by atoms with Crippen molar-refractivity contribution in [2.45, 2.75) is 52.2 Å². The van der Waals surface area contributed by atoms with E-state index < -0.39 is 40.2 Å². The normalized spacial score (nSPS) is 13.1. The molecule has 0 spiro atoms. The van der Waals surface area contributed by atoms with Crippen LogP contribution in [-0.4, -0.2) is 50.0 Å². The van der Waals surface area contributed by atoms with E-state index in [9.17, 15) is 26.8 Å². The lowest BCUT2D eigenvalue weighted by Gasteiger charge is -2.33. The quantitative estimate of drug-likeness (QED) is 0.474. The number of hydrogen-bond donors (Lipinski definition) is 1. The van der Waals surface area contributed by atoms with Gasteiger partial charge >= 0.3 is 0 Å². The molecule has 0 aromatic heterocycles. The number of hydrogen-bond acceptors (Lipinski definition) is 4. The van der Waals surface area contributed by atoms with Gasteiger partial charge in [-0.05, 0) is 49.6 Å². The van der Waals surface area contributed by atoms with Gasteiger partial charge in [-0.3, -0.25) is 13.9 Å². The van der Waals surface area contributed by atoms with Crippen LogP contribution in [0.1, 0.15) is 39.2 Å². The number of nitrogens with zero attached hydrogens (tertiary/aromatic N) is 2. The fourth-order valence-corrected chi connectivity index (χ4v) is 4.37. The molecule has 0 radical (unpaired) electrons. The lowest BCUT2D eigenvalue weighted by molar-refractivity contribution is -0.140. The maximum Gasteiger partial charge on any atom is 0.244 e. The zero-order chi connectivity index (χ0) is 26.3. The molecule has 0 unspecified atom stereocenters. The smallest absolute Gasteiger partial charge is 0.244 e. The number of amides is 2. The van der Waals surface area contributed by atoms with Crippen LogP contribution in [0.2, 0.25) is 5.02 Å². The van der Waals surface area contributed by atoms with Crippen LogP contribution in [0, 0.1) is 11.6 Å². The molecule has 0 aliphatic carbocycles. The Bertz CT molecular complexity index is 1150. The Morgan fingerprint density at radius 1 is 1.03 bits per heavy atom. The molecule has 2 amide bonds. The molecule has 7 nitrogen and oxygen atoms in total. The van der Waals surface area contributed by atoms with Crippen molar-refractivity contribution in [1.29, 1.82) is 0 Å². The van der Waals surface area contributed by atoms with Gasteiger partial charge in [-0.2, -0.15) is 0 Å². The minimum Gasteiger partial charge on any atom is -0.352 e. The number of nitrogens with one attached hydrogen (secondary N) is 1. The predicted molar refractivity (Wildman–Crippen MR) is 133 cm³/mol. The summed E-state index contributed by atoms with van der Waals surface area (Å²) in [5.74, 6) is -3.45. The van der Waals surface area contributed by atoms with Crippen molar-refractivity contribution in [2.24, 2.45) is 0 Å². The van der Waals surface area contributed by atoms with Gasteiger partial charge in [0.1, 0.15) is 12.6 Å². The van der Waals surface area contributed by atoms with E-state index in [4.69, 9.17) is 11.6 Å². The molecule has 2 atom stereocenters. The van der Waals surface area contributed by atoms with Crippen LogP contribution in [0.5, 0.6) is 0 Å². The van der Waals surface area contributed by atoms with E-state index in [1.54, 1.807) is 31.2 Å². The Kier molecular flexibility index (Phi) is 10.0. The predicted octanol–water partition coefficient (Wildman–Crippen LogP) is 4.11. The van der Waals surface area contributed by atoms with E-state index in [0.717, 1.165) is 18.4 Å². The van der Waals surface area contributed by atoms with Gasteiger partial charge in [0.15, 0.2) is 11.6 Å². The van der Waals surface area contributed by atoms with E-state index in [2.05, 4.69) is 5.32 Å². The SMILES string of the molecule is CC[C@@H](C)NC(=O)[C@H](CC)N(Cc1ccc(Cl)cc1)C(=O)CN(c1ccc(F)c(F)c1)S(C)(=O)=O. The topological polar surface area (TPSA) is 86.8 Å². The van der Waals surface area contributed by atoms with E-state index in [1.165, 1.54) is 4.90 Å². The zero-order valence-corrected chi connectivity index (χ0v) is 21.7. The van der Waals surface area contributed by atoms with Gasteiger partial charge in [0, 0.05) is 23.7 Å². The van der Waals surface area contributed by atoms with Crippen LogP contribution < -0.4 is 9.62 Å².